The predicted octanol–water partition coefficient (Wildman–Crippen LogP) is 3.52. The van der Waals surface area contributed by atoms with Gasteiger partial charge in [0.1, 0.15) is 10.7 Å². The zero-order valence-corrected chi connectivity index (χ0v) is 18.6. The third-order valence-electron chi connectivity index (χ3n) is 4.89. The summed E-state index contributed by atoms with van der Waals surface area (Å²) in [7, 11) is -3.90. The first-order chi connectivity index (χ1) is 14.1. The molecule has 2 unspecified atom stereocenters. The lowest BCUT2D eigenvalue weighted by atomic mass is 10.1. The number of halogens is 2. The fourth-order valence-electron chi connectivity index (χ4n) is 3.34. The first-order valence-corrected chi connectivity index (χ1v) is 11.4. The molecule has 0 bridgehead atoms. The highest BCUT2D eigenvalue weighted by atomic mass is 35.5. The molecule has 30 heavy (non-hydrogen) atoms. The van der Waals surface area contributed by atoms with Crippen molar-refractivity contribution in [3.63, 3.8) is 0 Å². The molecule has 0 saturated carbocycles. The Morgan fingerprint density at radius 3 is 2.50 bits per heavy atom. The van der Waals surface area contributed by atoms with Gasteiger partial charge in [0.25, 0.3) is 5.91 Å². The van der Waals surface area contributed by atoms with Crippen molar-refractivity contribution in [1.29, 1.82) is 0 Å². The maximum absolute atomic E-state index is 13.7. The summed E-state index contributed by atoms with van der Waals surface area (Å²) in [6, 6.07) is 8.83. The molecule has 1 amide bonds. The molecule has 3 rings (SSSR count). The summed E-state index contributed by atoms with van der Waals surface area (Å²) >= 11 is 6.17. The number of amides is 1. The van der Waals surface area contributed by atoms with E-state index in [1.807, 2.05) is 0 Å². The van der Waals surface area contributed by atoms with Crippen LogP contribution in [0.5, 0.6) is 0 Å². The Balaban J connectivity index is 1.80. The lowest BCUT2D eigenvalue weighted by Gasteiger charge is -2.34. The number of ether oxygens (including phenoxy) is 1. The van der Waals surface area contributed by atoms with Crippen molar-refractivity contribution in [2.75, 3.05) is 13.1 Å². The molecule has 0 aromatic heterocycles. The van der Waals surface area contributed by atoms with Crippen molar-refractivity contribution in [2.45, 2.75) is 44.4 Å². The highest BCUT2D eigenvalue weighted by Crippen LogP contribution is 2.28. The van der Waals surface area contributed by atoms with Gasteiger partial charge >= 0.3 is 0 Å². The van der Waals surface area contributed by atoms with Gasteiger partial charge in [-0.15, -0.1) is 0 Å². The lowest BCUT2D eigenvalue weighted by molar-refractivity contribution is -0.0440. The molecule has 6 nitrogen and oxygen atoms in total. The fraction of sp³-hybridized carbons (Fsp3) is 0.381. The van der Waals surface area contributed by atoms with Crippen LogP contribution in [-0.2, 0) is 21.3 Å². The Morgan fingerprint density at radius 2 is 1.87 bits per heavy atom. The number of morpholine rings is 1. The number of hydrogen-bond acceptors (Lipinski definition) is 4. The molecule has 162 valence electrons. The van der Waals surface area contributed by atoms with E-state index in [2.05, 4.69) is 5.32 Å². The standard InChI is InChI=1S/C21H24ClFN2O4S/c1-13-4-5-16(8-19(13)23)10-24-21(26)17-6-7-18(22)20(9-17)30(27,28)25-11-14(2)29-15(3)12-25/h4-9,14-15H,10-12H2,1-3H3,(H,24,26). The predicted molar refractivity (Wildman–Crippen MR) is 113 cm³/mol. The molecule has 2 atom stereocenters. The van der Waals surface area contributed by atoms with E-state index in [9.17, 15) is 17.6 Å². The smallest absolute Gasteiger partial charge is 0.251 e. The molecule has 1 aliphatic heterocycles. The van der Waals surface area contributed by atoms with E-state index < -0.39 is 15.9 Å². The van der Waals surface area contributed by atoms with E-state index in [4.69, 9.17) is 16.3 Å². The normalized spacial score (nSPS) is 20.2. The second-order valence-electron chi connectivity index (χ2n) is 7.49. The van der Waals surface area contributed by atoms with Crippen molar-refractivity contribution < 1.29 is 22.3 Å². The number of aryl methyl sites for hydroxylation is 1. The maximum Gasteiger partial charge on any atom is 0.251 e. The van der Waals surface area contributed by atoms with Gasteiger partial charge in [-0.3, -0.25) is 4.79 Å². The number of carbonyl (C=O) groups is 1. The molecule has 1 N–H and O–H groups in total. The van der Waals surface area contributed by atoms with Gasteiger partial charge < -0.3 is 10.1 Å². The monoisotopic (exact) mass is 454 g/mol. The SMILES string of the molecule is Cc1ccc(CNC(=O)c2ccc(Cl)c(S(=O)(=O)N3CC(C)OC(C)C3)c2)cc1F. The van der Waals surface area contributed by atoms with Gasteiger partial charge in [-0.1, -0.05) is 23.7 Å². The number of nitrogens with zero attached hydrogens (tertiary/aromatic N) is 1. The van der Waals surface area contributed by atoms with Crippen LogP contribution in [0.3, 0.4) is 0 Å². The van der Waals surface area contributed by atoms with E-state index in [-0.39, 0.29) is 53.1 Å². The van der Waals surface area contributed by atoms with Crippen LogP contribution >= 0.6 is 11.6 Å². The number of hydrogen-bond donors (Lipinski definition) is 1. The van der Waals surface area contributed by atoms with Gasteiger partial charge in [0.05, 0.1) is 17.2 Å². The highest BCUT2D eigenvalue weighted by molar-refractivity contribution is 7.89. The third-order valence-corrected chi connectivity index (χ3v) is 7.20. The number of nitrogens with one attached hydrogen (secondary N) is 1. The molecule has 1 heterocycles. The summed E-state index contributed by atoms with van der Waals surface area (Å²) < 4.78 is 46.9. The van der Waals surface area contributed by atoms with Crippen LogP contribution in [0.2, 0.25) is 5.02 Å². The van der Waals surface area contributed by atoms with Crippen molar-refractivity contribution in [2.24, 2.45) is 0 Å². The van der Waals surface area contributed by atoms with Crippen molar-refractivity contribution in [3.8, 4) is 0 Å². The molecule has 9 heteroatoms. The molecule has 1 aliphatic rings. The van der Waals surface area contributed by atoms with Crippen molar-refractivity contribution in [1.82, 2.24) is 9.62 Å². The number of benzene rings is 2. The van der Waals surface area contributed by atoms with Crippen LogP contribution < -0.4 is 5.32 Å². The Kier molecular flexibility index (Phi) is 6.81. The Bertz CT molecular complexity index is 1050. The fourth-order valence-corrected chi connectivity index (χ4v) is 5.43. The van der Waals surface area contributed by atoms with Crippen LogP contribution in [-0.4, -0.2) is 43.9 Å². The average molecular weight is 455 g/mol. The first kappa shape index (κ1) is 22.7. The third kappa shape index (κ3) is 5.00. The topological polar surface area (TPSA) is 75.7 Å². The minimum Gasteiger partial charge on any atom is -0.373 e. The van der Waals surface area contributed by atoms with Crippen LogP contribution in [0, 0.1) is 12.7 Å². The van der Waals surface area contributed by atoms with E-state index >= 15 is 0 Å². The summed E-state index contributed by atoms with van der Waals surface area (Å²) in [5.74, 6) is -0.830. The Labute approximate surface area is 181 Å². The minimum atomic E-state index is -3.90. The number of sulfonamides is 1. The summed E-state index contributed by atoms with van der Waals surface area (Å²) in [5.41, 5.74) is 1.27. The summed E-state index contributed by atoms with van der Waals surface area (Å²) in [6.07, 6.45) is -0.493. The second kappa shape index (κ2) is 9.01. The van der Waals surface area contributed by atoms with Crippen LogP contribution in [0.15, 0.2) is 41.3 Å². The molecule has 0 spiro atoms. The number of rotatable bonds is 5. The average Bonchev–Trinajstić information content (AvgIpc) is 2.68. The van der Waals surface area contributed by atoms with Gasteiger partial charge in [-0.25, -0.2) is 12.8 Å². The van der Waals surface area contributed by atoms with Crippen LogP contribution in [0.4, 0.5) is 4.39 Å². The van der Waals surface area contributed by atoms with E-state index in [1.165, 1.54) is 28.6 Å². The molecule has 2 aromatic carbocycles. The molecule has 1 saturated heterocycles. The quantitative estimate of drug-likeness (QED) is 0.750. The zero-order chi connectivity index (χ0) is 22.1. The van der Waals surface area contributed by atoms with Gasteiger partial charge in [0.2, 0.25) is 10.0 Å². The first-order valence-electron chi connectivity index (χ1n) is 9.56. The molecule has 1 fully saturated rings. The molecular formula is C21H24ClFN2O4S. The Hall–Kier alpha value is -2.00. The lowest BCUT2D eigenvalue weighted by Crippen LogP contribution is -2.48. The van der Waals surface area contributed by atoms with E-state index in [0.29, 0.717) is 11.1 Å². The second-order valence-corrected chi connectivity index (χ2v) is 9.80. The number of carbonyl (C=O) groups excluding carboxylic acids is 1. The van der Waals surface area contributed by atoms with E-state index in [1.54, 1.807) is 32.9 Å². The van der Waals surface area contributed by atoms with Gasteiger partial charge in [-0.2, -0.15) is 4.31 Å². The van der Waals surface area contributed by atoms with Crippen molar-refractivity contribution in [3.05, 3.63) is 63.9 Å². The van der Waals surface area contributed by atoms with E-state index in [0.717, 1.165) is 0 Å². The van der Waals surface area contributed by atoms with Crippen LogP contribution in [0.25, 0.3) is 0 Å². The molecule has 2 aromatic rings. The molecular weight excluding hydrogens is 431 g/mol. The summed E-state index contributed by atoms with van der Waals surface area (Å²) in [5, 5.41) is 2.72. The zero-order valence-electron chi connectivity index (χ0n) is 17.0. The summed E-state index contributed by atoms with van der Waals surface area (Å²) in [4.78, 5) is 12.4. The van der Waals surface area contributed by atoms with Gasteiger partial charge in [-0.05, 0) is 56.2 Å². The van der Waals surface area contributed by atoms with Crippen LogP contribution in [0.1, 0.15) is 35.3 Å². The maximum atomic E-state index is 13.7. The Morgan fingerprint density at radius 1 is 1.20 bits per heavy atom. The largest absolute Gasteiger partial charge is 0.373 e. The molecule has 0 aliphatic carbocycles. The van der Waals surface area contributed by atoms with Crippen molar-refractivity contribution >= 4 is 27.5 Å². The summed E-state index contributed by atoms with van der Waals surface area (Å²) in [6.45, 7) is 5.79. The van der Waals surface area contributed by atoms with Gasteiger partial charge in [0, 0.05) is 25.2 Å². The minimum absolute atomic E-state index is 0.0407. The van der Waals surface area contributed by atoms with Gasteiger partial charge in [0.15, 0.2) is 0 Å². The highest BCUT2D eigenvalue weighted by Gasteiger charge is 2.33. The molecule has 0 radical (unpaired) electrons.